The Morgan fingerprint density at radius 3 is 2.34 bits per heavy atom. The van der Waals surface area contributed by atoms with Gasteiger partial charge in [-0.2, -0.15) is 22.5 Å². The number of carbonyl (C=O) groups is 1. The van der Waals surface area contributed by atoms with Crippen molar-refractivity contribution in [2.24, 2.45) is 5.41 Å². The largest absolute Gasteiger partial charge is 0.507 e. The molecule has 1 aromatic carbocycles. The third-order valence-corrected chi connectivity index (χ3v) is 5.28. The first-order valence-corrected chi connectivity index (χ1v) is 10.2. The zero-order chi connectivity index (χ0) is 25.0. The highest BCUT2D eigenvalue weighted by atomic mass is 19.3. The van der Waals surface area contributed by atoms with Gasteiger partial charge in [-0.3, -0.25) is 4.79 Å². The van der Waals surface area contributed by atoms with E-state index in [0.717, 1.165) is 17.7 Å². The van der Waals surface area contributed by atoms with E-state index in [1.54, 1.807) is 6.07 Å². The average molecular weight is 491 g/mol. The van der Waals surface area contributed by atoms with Crippen molar-refractivity contribution < 1.29 is 31.8 Å². The highest BCUT2D eigenvalue weighted by molar-refractivity contribution is 5.97. The van der Waals surface area contributed by atoms with Gasteiger partial charge in [-0.1, -0.05) is 19.9 Å². The second kappa shape index (κ2) is 7.65. The number of nitrogens with one attached hydrogen (secondary N) is 3. The summed E-state index contributed by atoms with van der Waals surface area (Å²) in [4.78, 5) is 28.7. The third-order valence-electron chi connectivity index (χ3n) is 5.28. The Bertz CT molecular complexity index is 1340. The van der Waals surface area contributed by atoms with Crippen LogP contribution in [0.1, 0.15) is 19.4 Å². The molecule has 182 valence electrons. The fourth-order valence-electron chi connectivity index (χ4n) is 3.45. The van der Waals surface area contributed by atoms with Crippen molar-refractivity contribution in [3.05, 3.63) is 42.2 Å². The lowest BCUT2D eigenvalue weighted by Gasteiger charge is -2.31. The van der Waals surface area contributed by atoms with Crippen LogP contribution in [0, 0.1) is 5.41 Å². The van der Waals surface area contributed by atoms with Gasteiger partial charge in [-0.15, -0.1) is 0 Å². The second-order valence-corrected chi connectivity index (χ2v) is 8.50. The van der Waals surface area contributed by atoms with Crippen molar-refractivity contribution in [3.8, 4) is 11.5 Å². The highest BCUT2D eigenvalue weighted by Gasteiger charge is 2.65. The summed E-state index contributed by atoms with van der Waals surface area (Å²) in [6.45, 7) is 3.69. The van der Waals surface area contributed by atoms with Crippen LogP contribution in [0.15, 0.2) is 36.7 Å². The summed E-state index contributed by atoms with van der Waals surface area (Å²) in [7, 11) is 0. The summed E-state index contributed by atoms with van der Waals surface area (Å²) in [6.07, 6.45) is -7.90. The van der Waals surface area contributed by atoms with E-state index < -0.39 is 29.1 Å². The molecule has 3 N–H and O–H groups in total. The van der Waals surface area contributed by atoms with Gasteiger partial charge in [-0.05, 0) is 30.2 Å². The van der Waals surface area contributed by atoms with Crippen molar-refractivity contribution in [2.45, 2.75) is 32.5 Å². The van der Waals surface area contributed by atoms with Crippen molar-refractivity contribution >= 4 is 35.1 Å². The van der Waals surface area contributed by atoms with Crippen LogP contribution in [-0.2, 0) is 11.2 Å². The molecular weight excluding hydrogens is 474 g/mol. The third kappa shape index (κ3) is 4.22. The Balaban J connectivity index is 1.32. The topological polar surface area (TPSA) is 123 Å². The normalized spacial score (nSPS) is 18.7. The van der Waals surface area contributed by atoms with Gasteiger partial charge in [0.1, 0.15) is 18.0 Å². The van der Waals surface area contributed by atoms with Gasteiger partial charge in [0.25, 0.3) is 0 Å². The minimum absolute atomic E-state index is 0.0179. The van der Waals surface area contributed by atoms with Crippen LogP contribution in [0.4, 0.5) is 46.8 Å². The summed E-state index contributed by atoms with van der Waals surface area (Å²) in [6, 6.07) is 6.94. The number of rotatable bonds is 4. The molecule has 0 bridgehead atoms. The predicted molar refractivity (Wildman–Crippen MR) is 114 cm³/mol. The molecule has 2 aromatic heterocycles. The Hall–Kier alpha value is -4.23. The first kappa shape index (κ1) is 22.6. The smallest absolute Gasteiger partial charge is 0.421 e. The molecule has 2 aliphatic rings. The SMILES string of the molecule is CC1(C)Cc2ccc(Nc3ncnc(Nc4ccc5c(c4)OC(F)(F)C(F)(F)O5)n3)nc2NC1=O. The number of halogens is 4. The summed E-state index contributed by atoms with van der Waals surface area (Å²) in [5, 5.41) is 8.42. The molecule has 2 aliphatic heterocycles. The van der Waals surface area contributed by atoms with Gasteiger partial charge in [0.15, 0.2) is 11.5 Å². The lowest BCUT2D eigenvalue weighted by atomic mass is 9.82. The van der Waals surface area contributed by atoms with Crippen LogP contribution < -0.4 is 25.4 Å². The van der Waals surface area contributed by atoms with Crippen LogP contribution in [0.5, 0.6) is 11.5 Å². The minimum atomic E-state index is -4.83. The van der Waals surface area contributed by atoms with Crippen LogP contribution in [0.25, 0.3) is 0 Å². The zero-order valence-electron chi connectivity index (χ0n) is 18.2. The molecule has 0 fully saturated rings. The van der Waals surface area contributed by atoms with Crippen LogP contribution in [0.2, 0.25) is 0 Å². The van der Waals surface area contributed by atoms with Crippen LogP contribution in [-0.4, -0.2) is 38.1 Å². The fraction of sp³-hybridized carbons (Fsp3) is 0.286. The number of alkyl halides is 4. The highest BCUT2D eigenvalue weighted by Crippen LogP contribution is 2.47. The molecule has 0 unspecified atom stereocenters. The number of nitrogens with zero attached hydrogens (tertiary/aromatic N) is 4. The van der Waals surface area contributed by atoms with E-state index in [0.29, 0.717) is 18.1 Å². The molecular formula is C21H17F4N7O3. The van der Waals surface area contributed by atoms with Gasteiger partial charge in [0.05, 0.1) is 0 Å². The van der Waals surface area contributed by atoms with E-state index in [2.05, 4.69) is 45.4 Å². The summed E-state index contributed by atoms with van der Waals surface area (Å²) in [5.41, 5.74) is 0.520. The van der Waals surface area contributed by atoms with Gasteiger partial charge in [0.2, 0.25) is 17.8 Å². The maximum Gasteiger partial charge on any atom is 0.507 e. The van der Waals surface area contributed by atoms with E-state index in [1.165, 1.54) is 12.4 Å². The van der Waals surface area contributed by atoms with E-state index in [-0.39, 0.29) is 23.5 Å². The summed E-state index contributed by atoms with van der Waals surface area (Å²) in [5.74, 6) is -0.346. The van der Waals surface area contributed by atoms with E-state index >= 15 is 0 Å². The number of fused-ring (bicyclic) bond motifs is 2. The number of hydrogen-bond donors (Lipinski definition) is 3. The average Bonchev–Trinajstić information content (AvgIpc) is 2.76. The maximum absolute atomic E-state index is 13.5. The van der Waals surface area contributed by atoms with E-state index in [4.69, 9.17) is 0 Å². The molecule has 14 heteroatoms. The minimum Gasteiger partial charge on any atom is -0.421 e. The first-order chi connectivity index (χ1) is 16.4. The molecule has 4 heterocycles. The standard InChI is InChI=1S/C21H17F4N7O3/c1-19(2)8-10-3-6-14(29-15(10)31-16(19)33)30-18-27-9-26-17(32-18)28-11-4-5-12-13(7-11)35-21(24,25)20(22,23)34-12/h3-7,9H,8H2,1-2H3,(H3,26,27,28,29,30,31,32,33). The Morgan fingerprint density at radius 2 is 1.60 bits per heavy atom. The Morgan fingerprint density at radius 1 is 0.914 bits per heavy atom. The second-order valence-electron chi connectivity index (χ2n) is 8.50. The molecule has 3 aromatic rings. The molecule has 0 aliphatic carbocycles. The van der Waals surface area contributed by atoms with Crippen molar-refractivity contribution in [3.63, 3.8) is 0 Å². The van der Waals surface area contributed by atoms with Crippen molar-refractivity contribution in [2.75, 3.05) is 16.0 Å². The number of amides is 1. The van der Waals surface area contributed by atoms with Crippen molar-refractivity contribution in [1.82, 2.24) is 19.9 Å². The van der Waals surface area contributed by atoms with Gasteiger partial charge >= 0.3 is 12.2 Å². The van der Waals surface area contributed by atoms with E-state index in [1.807, 2.05) is 19.9 Å². The number of pyridine rings is 1. The summed E-state index contributed by atoms with van der Waals surface area (Å²) < 4.78 is 61.7. The van der Waals surface area contributed by atoms with Gasteiger partial charge in [0, 0.05) is 17.2 Å². The molecule has 5 rings (SSSR count). The van der Waals surface area contributed by atoms with Gasteiger partial charge in [-0.25, -0.2) is 15.0 Å². The van der Waals surface area contributed by atoms with Gasteiger partial charge < -0.3 is 25.4 Å². The zero-order valence-corrected chi connectivity index (χ0v) is 18.2. The van der Waals surface area contributed by atoms with E-state index in [9.17, 15) is 22.4 Å². The number of ether oxygens (including phenoxy) is 2. The molecule has 1 amide bonds. The number of carbonyl (C=O) groups excluding carboxylic acids is 1. The molecule has 0 spiro atoms. The number of anilines is 5. The number of aromatic nitrogens is 4. The monoisotopic (exact) mass is 491 g/mol. The number of benzene rings is 1. The number of hydrogen-bond acceptors (Lipinski definition) is 9. The molecule has 0 saturated carbocycles. The van der Waals surface area contributed by atoms with Crippen LogP contribution >= 0.6 is 0 Å². The summed E-state index contributed by atoms with van der Waals surface area (Å²) >= 11 is 0. The fourth-order valence-corrected chi connectivity index (χ4v) is 3.45. The molecule has 0 saturated heterocycles. The quantitative estimate of drug-likeness (QED) is 0.460. The van der Waals surface area contributed by atoms with Crippen LogP contribution in [0.3, 0.4) is 0 Å². The molecule has 35 heavy (non-hydrogen) atoms. The first-order valence-electron chi connectivity index (χ1n) is 10.2. The maximum atomic E-state index is 13.5. The van der Waals surface area contributed by atoms with Crippen molar-refractivity contribution in [1.29, 1.82) is 0 Å². The lowest BCUT2D eigenvalue weighted by Crippen LogP contribution is -2.52. The Labute approximate surface area is 195 Å². The predicted octanol–water partition coefficient (Wildman–Crippen LogP) is 4.23. The lowest BCUT2D eigenvalue weighted by molar-refractivity contribution is -0.391. The molecule has 0 atom stereocenters. The molecule has 0 radical (unpaired) electrons. The molecule has 10 nitrogen and oxygen atoms in total. The Kier molecular flexibility index (Phi) is 4.93.